The van der Waals surface area contributed by atoms with Crippen molar-refractivity contribution in [2.75, 3.05) is 13.7 Å². The van der Waals surface area contributed by atoms with Crippen molar-refractivity contribution in [3.8, 4) is 23.0 Å². The monoisotopic (exact) mass is 423 g/mol. The molecule has 0 saturated carbocycles. The Morgan fingerprint density at radius 2 is 1.94 bits per heavy atom. The van der Waals surface area contributed by atoms with Crippen molar-refractivity contribution >= 4 is 5.97 Å². The second-order valence-electron chi connectivity index (χ2n) is 8.79. The third-order valence-corrected chi connectivity index (χ3v) is 6.83. The molecule has 6 nitrogen and oxygen atoms in total. The van der Waals surface area contributed by atoms with Crippen LogP contribution in [0.25, 0.3) is 0 Å². The maximum absolute atomic E-state index is 12.6. The highest BCUT2D eigenvalue weighted by atomic mass is 16.5. The third-order valence-electron chi connectivity index (χ3n) is 6.83. The molecule has 4 aliphatic heterocycles. The van der Waals surface area contributed by atoms with Crippen LogP contribution in [0.2, 0.25) is 0 Å². The van der Waals surface area contributed by atoms with E-state index in [1.807, 2.05) is 24.3 Å². The minimum Gasteiger partial charge on any atom is -0.504 e. The maximum atomic E-state index is 12.6. The predicted molar refractivity (Wildman–Crippen MR) is 116 cm³/mol. The first-order chi connectivity index (χ1) is 15.1. The van der Waals surface area contributed by atoms with Gasteiger partial charge in [0.15, 0.2) is 11.5 Å². The Kier molecular flexibility index (Phi) is 5.48. The van der Waals surface area contributed by atoms with Crippen LogP contribution in [0.4, 0.5) is 0 Å². The van der Waals surface area contributed by atoms with Gasteiger partial charge in [0.05, 0.1) is 7.11 Å². The number of rotatable bonds is 1. The number of carbonyl (C=O) groups is 1. The molecule has 164 valence electrons. The summed E-state index contributed by atoms with van der Waals surface area (Å²) in [6.07, 6.45) is 5.92. The fourth-order valence-corrected chi connectivity index (χ4v) is 5.29. The van der Waals surface area contributed by atoms with E-state index in [2.05, 4.69) is 4.90 Å². The number of fused-ring (bicyclic) bond motifs is 6. The van der Waals surface area contributed by atoms with Crippen molar-refractivity contribution in [2.24, 2.45) is 0 Å². The van der Waals surface area contributed by atoms with Crippen LogP contribution in [0, 0.1) is 0 Å². The molecule has 3 atom stereocenters. The number of aromatic hydroxyl groups is 1. The molecule has 4 heterocycles. The quantitative estimate of drug-likeness (QED) is 0.668. The number of benzene rings is 2. The lowest BCUT2D eigenvalue weighted by Gasteiger charge is -2.47. The maximum Gasteiger partial charge on any atom is 0.306 e. The van der Waals surface area contributed by atoms with Gasteiger partial charge in [-0.15, -0.1) is 0 Å². The minimum absolute atomic E-state index is 0.00544. The molecule has 6 rings (SSSR count). The number of piperidine rings is 2. The minimum atomic E-state index is -0.136. The van der Waals surface area contributed by atoms with Crippen LogP contribution in [0.3, 0.4) is 0 Å². The first kappa shape index (κ1) is 20.2. The standard InChI is InChI=1S/C25H29NO5/c1-29-24-15-23-20(14-22(24)27)21-13-19(12-17-4-2-3-11-26(17)21)31-25(28)10-7-16-5-8-18(30-23)9-6-16/h5-6,8-9,14-15,17,19,21,27H,2-4,7,10-13H2,1H3/t17-,19-,21-/m0/s1. The molecule has 6 heteroatoms. The largest absolute Gasteiger partial charge is 0.504 e. The zero-order chi connectivity index (χ0) is 21.4. The fourth-order valence-electron chi connectivity index (χ4n) is 5.29. The molecular formula is C25H29NO5. The van der Waals surface area contributed by atoms with Gasteiger partial charge in [0.25, 0.3) is 0 Å². The van der Waals surface area contributed by atoms with E-state index in [1.165, 1.54) is 13.5 Å². The summed E-state index contributed by atoms with van der Waals surface area (Å²) < 4.78 is 17.6. The Bertz CT molecular complexity index is 957. The molecule has 1 N–H and O–H groups in total. The smallest absolute Gasteiger partial charge is 0.306 e. The third kappa shape index (κ3) is 4.09. The van der Waals surface area contributed by atoms with Gasteiger partial charge in [0.2, 0.25) is 0 Å². The van der Waals surface area contributed by atoms with Crippen molar-refractivity contribution in [1.82, 2.24) is 4.90 Å². The molecule has 4 bridgehead atoms. The Balaban J connectivity index is 1.61. The number of ether oxygens (including phenoxy) is 3. The molecule has 2 aromatic rings. The van der Waals surface area contributed by atoms with Crippen molar-refractivity contribution in [2.45, 2.75) is 63.1 Å². The average molecular weight is 424 g/mol. The van der Waals surface area contributed by atoms with Gasteiger partial charge in [0.1, 0.15) is 17.6 Å². The van der Waals surface area contributed by atoms with Gasteiger partial charge in [-0.3, -0.25) is 9.69 Å². The number of esters is 1. The lowest BCUT2D eigenvalue weighted by molar-refractivity contribution is -0.154. The highest BCUT2D eigenvalue weighted by molar-refractivity contribution is 5.70. The highest BCUT2D eigenvalue weighted by Gasteiger charge is 2.40. The van der Waals surface area contributed by atoms with Crippen molar-refractivity contribution in [1.29, 1.82) is 0 Å². The number of aryl methyl sites for hydroxylation is 1. The second kappa shape index (κ2) is 8.42. The van der Waals surface area contributed by atoms with Crippen LogP contribution in [0.1, 0.15) is 55.7 Å². The predicted octanol–water partition coefficient (Wildman–Crippen LogP) is 4.74. The highest BCUT2D eigenvalue weighted by Crippen LogP contribution is 2.46. The number of hydrogen-bond donors (Lipinski definition) is 1. The van der Waals surface area contributed by atoms with Crippen LogP contribution >= 0.6 is 0 Å². The van der Waals surface area contributed by atoms with Gasteiger partial charge < -0.3 is 19.3 Å². The summed E-state index contributed by atoms with van der Waals surface area (Å²) in [5.41, 5.74) is 1.98. The summed E-state index contributed by atoms with van der Waals surface area (Å²) >= 11 is 0. The number of nitrogens with zero attached hydrogens (tertiary/aromatic N) is 1. The van der Waals surface area contributed by atoms with E-state index < -0.39 is 0 Å². The summed E-state index contributed by atoms with van der Waals surface area (Å²) in [5.74, 6) is 1.73. The lowest BCUT2D eigenvalue weighted by atomic mass is 9.84. The topological polar surface area (TPSA) is 68.2 Å². The molecular weight excluding hydrogens is 394 g/mol. The molecule has 4 aliphatic rings. The Hall–Kier alpha value is -2.73. The van der Waals surface area contributed by atoms with Gasteiger partial charge in [-0.1, -0.05) is 18.6 Å². The molecule has 0 spiro atoms. The van der Waals surface area contributed by atoms with E-state index in [9.17, 15) is 9.90 Å². The first-order valence-corrected chi connectivity index (χ1v) is 11.2. The molecule has 2 saturated heterocycles. The van der Waals surface area contributed by atoms with Gasteiger partial charge in [-0.2, -0.15) is 0 Å². The summed E-state index contributed by atoms with van der Waals surface area (Å²) in [7, 11) is 1.54. The lowest BCUT2D eigenvalue weighted by Crippen LogP contribution is -2.49. The van der Waals surface area contributed by atoms with Crippen LogP contribution in [-0.4, -0.2) is 41.8 Å². The Morgan fingerprint density at radius 1 is 1.10 bits per heavy atom. The van der Waals surface area contributed by atoms with Gasteiger partial charge in [-0.25, -0.2) is 0 Å². The average Bonchev–Trinajstić information content (AvgIpc) is 2.78. The first-order valence-electron chi connectivity index (χ1n) is 11.2. The summed E-state index contributed by atoms with van der Waals surface area (Å²) in [4.78, 5) is 15.1. The summed E-state index contributed by atoms with van der Waals surface area (Å²) in [6.45, 7) is 0.997. The molecule has 2 fully saturated rings. The number of phenols is 1. The van der Waals surface area contributed by atoms with Gasteiger partial charge >= 0.3 is 5.97 Å². The normalized spacial score (nSPS) is 26.1. The summed E-state index contributed by atoms with van der Waals surface area (Å²) in [5, 5.41) is 10.6. The van der Waals surface area contributed by atoms with E-state index in [-0.39, 0.29) is 23.9 Å². The SMILES string of the molecule is COc1cc2c(cc1O)[C@@H]1C[C@H](C[C@@H]3CCCCN31)OC(=O)CCc1ccc(cc1)O2. The number of methoxy groups -OCH3 is 1. The zero-order valence-electron chi connectivity index (χ0n) is 17.9. The second-order valence-corrected chi connectivity index (χ2v) is 8.79. The van der Waals surface area contributed by atoms with Crippen molar-refractivity contribution in [3.05, 3.63) is 47.5 Å². The number of phenolic OH excluding ortho intramolecular Hbond substituents is 1. The number of carbonyl (C=O) groups excluding carboxylic acids is 1. The Morgan fingerprint density at radius 3 is 2.74 bits per heavy atom. The van der Waals surface area contributed by atoms with E-state index in [0.717, 1.165) is 42.7 Å². The van der Waals surface area contributed by atoms with Crippen molar-refractivity contribution in [3.63, 3.8) is 0 Å². The van der Waals surface area contributed by atoms with Crippen LogP contribution in [0.15, 0.2) is 36.4 Å². The van der Waals surface area contributed by atoms with Crippen LogP contribution < -0.4 is 9.47 Å². The molecule has 0 amide bonds. The van der Waals surface area contributed by atoms with E-state index >= 15 is 0 Å². The molecule has 2 aromatic carbocycles. The zero-order valence-corrected chi connectivity index (χ0v) is 17.9. The van der Waals surface area contributed by atoms with E-state index in [0.29, 0.717) is 36.8 Å². The number of hydrogen-bond acceptors (Lipinski definition) is 6. The fraction of sp³-hybridized carbons (Fsp3) is 0.480. The molecule has 0 aromatic heterocycles. The molecule has 0 radical (unpaired) electrons. The molecule has 31 heavy (non-hydrogen) atoms. The molecule has 0 unspecified atom stereocenters. The van der Waals surface area contributed by atoms with E-state index in [4.69, 9.17) is 14.2 Å². The van der Waals surface area contributed by atoms with E-state index in [1.54, 1.807) is 12.1 Å². The molecule has 0 aliphatic carbocycles. The Labute approximate surface area is 182 Å². The van der Waals surface area contributed by atoms with Gasteiger partial charge in [0, 0.05) is 43.0 Å². The van der Waals surface area contributed by atoms with Crippen LogP contribution in [0.5, 0.6) is 23.0 Å². The van der Waals surface area contributed by atoms with Crippen LogP contribution in [-0.2, 0) is 16.0 Å². The van der Waals surface area contributed by atoms with Crippen molar-refractivity contribution < 1.29 is 24.1 Å². The van der Waals surface area contributed by atoms with Gasteiger partial charge in [-0.05, 0) is 49.6 Å². The summed E-state index contributed by atoms with van der Waals surface area (Å²) in [6, 6.07) is 11.7.